The molecular formula is C27H26FNO4. The molecule has 1 aliphatic carbocycles. The number of halogens is 1. The third kappa shape index (κ3) is 5.40. The molecule has 0 saturated carbocycles. The van der Waals surface area contributed by atoms with Gasteiger partial charge in [0.1, 0.15) is 18.5 Å². The molecule has 3 aromatic rings. The summed E-state index contributed by atoms with van der Waals surface area (Å²) in [7, 11) is 0. The number of rotatable bonds is 9. The number of amides is 1. The van der Waals surface area contributed by atoms with Crippen molar-refractivity contribution < 1.29 is 23.8 Å². The second kappa shape index (κ2) is 10.3. The Hall–Kier alpha value is -3.67. The molecule has 2 N–H and O–H groups in total. The Balaban J connectivity index is 1.29. The van der Waals surface area contributed by atoms with E-state index in [-0.39, 0.29) is 18.3 Å². The number of alkyl carbamates (subject to hydrolysis) is 1. The largest absolute Gasteiger partial charge is 0.480 e. The molecule has 0 fully saturated rings. The molecule has 0 aromatic heterocycles. The minimum absolute atomic E-state index is 0.0814. The standard InChI is InChI=1S/C27H26FNO4/c28-19-15-13-18(14-16-19)7-1-6-12-25(26(30)31)29-27(32)33-17-24-22-10-4-2-8-20(22)21-9-3-5-11-23(21)24/h2-5,8-11,13-16,24-25H,1,6-7,12,17H2,(H,29,32)(H,30,31)/t25-/m1/s1. The first-order valence-corrected chi connectivity index (χ1v) is 11.1. The van der Waals surface area contributed by atoms with Crippen molar-refractivity contribution in [2.45, 2.75) is 37.6 Å². The van der Waals surface area contributed by atoms with Gasteiger partial charge in [0.2, 0.25) is 0 Å². The number of carbonyl (C=O) groups excluding carboxylic acids is 1. The van der Waals surface area contributed by atoms with Crippen LogP contribution in [0.2, 0.25) is 0 Å². The first kappa shape index (κ1) is 22.5. The molecule has 0 unspecified atom stereocenters. The van der Waals surface area contributed by atoms with E-state index >= 15 is 0 Å². The molecular weight excluding hydrogens is 421 g/mol. The normalized spacial score (nSPS) is 13.1. The van der Waals surface area contributed by atoms with Crippen LogP contribution in [-0.2, 0) is 16.0 Å². The van der Waals surface area contributed by atoms with Crippen molar-refractivity contribution in [3.8, 4) is 11.1 Å². The fourth-order valence-electron chi connectivity index (χ4n) is 4.37. The molecule has 0 bridgehead atoms. The number of aliphatic carboxylic acids is 1. The van der Waals surface area contributed by atoms with Gasteiger partial charge in [-0.3, -0.25) is 0 Å². The summed E-state index contributed by atoms with van der Waals surface area (Å²) in [5, 5.41) is 12.0. The van der Waals surface area contributed by atoms with E-state index in [2.05, 4.69) is 17.4 Å². The number of ether oxygens (including phenoxy) is 1. The predicted molar refractivity (Wildman–Crippen MR) is 124 cm³/mol. The molecule has 0 radical (unpaired) electrons. The van der Waals surface area contributed by atoms with Crippen LogP contribution in [0.1, 0.15) is 41.9 Å². The molecule has 1 amide bonds. The highest BCUT2D eigenvalue weighted by atomic mass is 19.1. The summed E-state index contributed by atoms with van der Waals surface area (Å²) in [6.07, 6.45) is 1.63. The average molecular weight is 448 g/mol. The minimum atomic E-state index is -1.09. The van der Waals surface area contributed by atoms with Gasteiger partial charge in [-0.05, 0) is 59.2 Å². The summed E-state index contributed by atoms with van der Waals surface area (Å²) in [5.41, 5.74) is 5.45. The van der Waals surface area contributed by atoms with Gasteiger partial charge < -0.3 is 15.2 Å². The van der Waals surface area contributed by atoms with Gasteiger partial charge >= 0.3 is 12.1 Å². The number of carboxylic acid groups (broad SMARTS) is 1. The number of aryl methyl sites for hydroxylation is 1. The van der Waals surface area contributed by atoms with Crippen molar-refractivity contribution in [2.24, 2.45) is 0 Å². The van der Waals surface area contributed by atoms with E-state index in [1.165, 1.54) is 12.1 Å². The molecule has 0 aliphatic heterocycles. The van der Waals surface area contributed by atoms with Crippen LogP contribution in [-0.4, -0.2) is 29.8 Å². The van der Waals surface area contributed by atoms with Crippen molar-refractivity contribution >= 4 is 12.1 Å². The van der Waals surface area contributed by atoms with E-state index in [0.29, 0.717) is 12.8 Å². The summed E-state index contributed by atoms with van der Waals surface area (Å²) >= 11 is 0. The van der Waals surface area contributed by atoms with Crippen LogP contribution in [0.25, 0.3) is 11.1 Å². The molecule has 0 spiro atoms. The molecule has 33 heavy (non-hydrogen) atoms. The monoisotopic (exact) mass is 447 g/mol. The predicted octanol–water partition coefficient (Wildman–Crippen LogP) is 5.53. The lowest BCUT2D eigenvalue weighted by atomic mass is 9.98. The Morgan fingerprint density at radius 1 is 0.909 bits per heavy atom. The third-order valence-corrected chi connectivity index (χ3v) is 6.06. The van der Waals surface area contributed by atoms with Gasteiger partial charge in [0.05, 0.1) is 0 Å². The summed E-state index contributed by atoms with van der Waals surface area (Å²) in [4.78, 5) is 24.0. The Morgan fingerprint density at radius 3 is 2.12 bits per heavy atom. The van der Waals surface area contributed by atoms with Crippen molar-refractivity contribution in [3.05, 3.63) is 95.3 Å². The highest BCUT2D eigenvalue weighted by Gasteiger charge is 2.29. The van der Waals surface area contributed by atoms with Gasteiger partial charge in [-0.1, -0.05) is 67.1 Å². The minimum Gasteiger partial charge on any atom is -0.480 e. The molecule has 3 aromatic carbocycles. The molecule has 5 nitrogen and oxygen atoms in total. The maximum atomic E-state index is 13.0. The first-order chi connectivity index (χ1) is 16.0. The molecule has 170 valence electrons. The maximum Gasteiger partial charge on any atom is 0.407 e. The second-order valence-electron chi connectivity index (χ2n) is 8.23. The zero-order valence-electron chi connectivity index (χ0n) is 18.2. The van der Waals surface area contributed by atoms with Crippen LogP contribution in [0.15, 0.2) is 72.8 Å². The smallest absolute Gasteiger partial charge is 0.407 e. The molecule has 0 heterocycles. The highest BCUT2D eigenvalue weighted by Crippen LogP contribution is 2.44. The third-order valence-electron chi connectivity index (χ3n) is 6.06. The van der Waals surface area contributed by atoms with Crippen LogP contribution in [0.4, 0.5) is 9.18 Å². The van der Waals surface area contributed by atoms with Crippen LogP contribution >= 0.6 is 0 Å². The number of unbranched alkanes of at least 4 members (excludes halogenated alkanes) is 1. The quantitative estimate of drug-likeness (QED) is 0.423. The zero-order valence-corrected chi connectivity index (χ0v) is 18.2. The Kier molecular flexibility index (Phi) is 7.03. The fourth-order valence-corrected chi connectivity index (χ4v) is 4.37. The van der Waals surface area contributed by atoms with Crippen molar-refractivity contribution in [1.82, 2.24) is 5.32 Å². The number of nitrogens with one attached hydrogen (secondary N) is 1. The maximum absolute atomic E-state index is 13.0. The average Bonchev–Trinajstić information content (AvgIpc) is 3.14. The molecule has 0 saturated heterocycles. The summed E-state index contributed by atoms with van der Waals surface area (Å²) in [6, 6.07) is 21.3. The number of hydrogen-bond acceptors (Lipinski definition) is 3. The van der Waals surface area contributed by atoms with Gasteiger partial charge in [-0.25, -0.2) is 14.0 Å². The van der Waals surface area contributed by atoms with Gasteiger partial charge in [0, 0.05) is 5.92 Å². The van der Waals surface area contributed by atoms with Crippen molar-refractivity contribution in [1.29, 1.82) is 0 Å². The summed E-state index contributed by atoms with van der Waals surface area (Å²) in [6.45, 7) is 0.136. The number of fused-ring (bicyclic) bond motifs is 3. The summed E-state index contributed by atoms with van der Waals surface area (Å²) in [5.74, 6) is -1.45. The van der Waals surface area contributed by atoms with E-state index in [1.807, 2.05) is 36.4 Å². The van der Waals surface area contributed by atoms with E-state index in [9.17, 15) is 19.1 Å². The lowest BCUT2D eigenvalue weighted by Gasteiger charge is -2.17. The number of carbonyl (C=O) groups is 2. The molecule has 1 aliphatic rings. The van der Waals surface area contributed by atoms with Crippen LogP contribution in [0, 0.1) is 5.82 Å². The fraction of sp³-hybridized carbons (Fsp3) is 0.259. The van der Waals surface area contributed by atoms with Gasteiger partial charge in [-0.15, -0.1) is 0 Å². The second-order valence-corrected chi connectivity index (χ2v) is 8.23. The number of benzene rings is 3. The molecule has 1 atom stereocenters. The van der Waals surface area contributed by atoms with Crippen molar-refractivity contribution in [2.75, 3.05) is 6.61 Å². The number of hydrogen-bond donors (Lipinski definition) is 2. The van der Waals surface area contributed by atoms with Crippen LogP contribution < -0.4 is 5.32 Å². The van der Waals surface area contributed by atoms with E-state index in [1.54, 1.807) is 12.1 Å². The Bertz CT molecular complexity index is 1080. The molecule has 6 heteroatoms. The Labute approximate surface area is 192 Å². The topological polar surface area (TPSA) is 75.6 Å². The van der Waals surface area contributed by atoms with E-state index in [0.717, 1.165) is 40.7 Å². The van der Waals surface area contributed by atoms with Crippen LogP contribution in [0.5, 0.6) is 0 Å². The van der Waals surface area contributed by atoms with Crippen LogP contribution in [0.3, 0.4) is 0 Å². The lowest BCUT2D eigenvalue weighted by Crippen LogP contribution is -2.41. The number of carboxylic acids is 1. The van der Waals surface area contributed by atoms with E-state index < -0.39 is 18.1 Å². The van der Waals surface area contributed by atoms with Gasteiger partial charge in [0.15, 0.2) is 0 Å². The zero-order chi connectivity index (χ0) is 23.2. The SMILES string of the molecule is O=C(N[C@H](CCCCc1ccc(F)cc1)C(=O)O)OCC1c2ccccc2-c2ccccc21. The van der Waals surface area contributed by atoms with Gasteiger partial charge in [-0.2, -0.15) is 0 Å². The van der Waals surface area contributed by atoms with Gasteiger partial charge in [0.25, 0.3) is 0 Å². The first-order valence-electron chi connectivity index (χ1n) is 11.1. The summed E-state index contributed by atoms with van der Waals surface area (Å²) < 4.78 is 18.4. The van der Waals surface area contributed by atoms with E-state index in [4.69, 9.17) is 4.74 Å². The molecule has 4 rings (SSSR count). The highest BCUT2D eigenvalue weighted by molar-refractivity contribution is 5.81. The van der Waals surface area contributed by atoms with Crippen molar-refractivity contribution in [3.63, 3.8) is 0 Å². The lowest BCUT2D eigenvalue weighted by molar-refractivity contribution is -0.139. The Morgan fingerprint density at radius 2 is 1.52 bits per heavy atom.